The van der Waals surface area contributed by atoms with Crippen LogP contribution in [-0.2, 0) is 0 Å². The molecule has 0 unspecified atom stereocenters. The highest BCUT2D eigenvalue weighted by molar-refractivity contribution is 5.88. The van der Waals surface area contributed by atoms with E-state index in [9.17, 15) is 4.39 Å². The van der Waals surface area contributed by atoms with Gasteiger partial charge in [0.25, 0.3) is 0 Å². The number of H-pyrrole nitrogens is 1. The Kier molecular flexibility index (Phi) is 3.08. The molecule has 0 aliphatic carbocycles. The lowest BCUT2D eigenvalue weighted by Crippen LogP contribution is -2.03. The highest BCUT2D eigenvalue weighted by Crippen LogP contribution is 2.27. The summed E-state index contributed by atoms with van der Waals surface area (Å²) >= 11 is 0. The van der Waals surface area contributed by atoms with Crippen molar-refractivity contribution >= 4 is 22.7 Å². The molecule has 0 atom stereocenters. The van der Waals surface area contributed by atoms with Gasteiger partial charge in [0, 0.05) is 5.69 Å². The topological polar surface area (TPSA) is 66.5 Å². The number of hydrogen-bond acceptors (Lipinski definition) is 4. The monoisotopic (exact) mass is 285 g/mol. The average molecular weight is 285 g/mol. The molecule has 0 amide bonds. The molecule has 0 aromatic carbocycles. The van der Waals surface area contributed by atoms with Crippen molar-refractivity contribution in [1.29, 1.82) is 0 Å². The summed E-state index contributed by atoms with van der Waals surface area (Å²) in [7, 11) is 0. The van der Waals surface area contributed by atoms with E-state index in [-0.39, 0.29) is 0 Å². The second-order valence-electron chi connectivity index (χ2n) is 5.17. The number of aromatic amines is 1. The predicted octanol–water partition coefficient (Wildman–Crippen LogP) is 3.47. The number of nitrogens with one attached hydrogen (secondary N) is 2. The van der Waals surface area contributed by atoms with Gasteiger partial charge in [-0.15, -0.1) is 0 Å². The number of aromatic nitrogens is 4. The zero-order chi connectivity index (χ0) is 15.1. The molecule has 3 aromatic heterocycles. The summed E-state index contributed by atoms with van der Waals surface area (Å²) in [6, 6.07) is 1.40. The second kappa shape index (κ2) is 4.80. The van der Waals surface area contributed by atoms with Gasteiger partial charge < -0.3 is 5.32 Å². The molecule has 3 heterocycles. The molecule has 0 fully saturated rings. The van der Waals surface area contributed by atoms with Crippen LogP contribution in [0, 0.1) is 33.5 Å². The Bertz CT molecular complexity index is 838. The number of nitrogens with zero attached hydrogens (tertiary/aromatic N) is 3. The lowest BCUT2D eigenvalue weighted by molar-refractivity contribution is 0.624. The SMILES string of the molecule is Cc1nc(Nc2n[nH]c3ncc(F)cc23)c(C)c(C)c1C. The lowest BCUT2D eigenvalue weighted by Gasteiger charge is -2.13. The van der Waals surface area contributed by atoms with E-state index in [1.165, 1.54) is 17.2 Å². The van der Waals surface area contributed by atoms with Crippen LogP contribution in [0.25, 0.3) is 11.0 Å². The molecule has 0 aliphatic rings. The lowest BCUT2D eigenvalue weighted by atomic mass is 10.0. The van der Waals surface area contributed by atoms with Crippen LogP contribution in [0.4, 0.5) is 16.0 Å². The van der Waals surface area contributed by atoms with Crippen LogP contribution in [0.3, 0.4) is 0 Å². The maximum Gasteiger partial charge on any atom is 0.163 e. The third-order valence-corrected chi connectivity index (χ3v) is 3.92. The van der Waals surface area contributed by atoms with Crippen LogP contribution in [0.1, 0.15) is 22.4 Å². The van der Waals surface area contributed by atoms with Crippen molar-refractivity contribution in [3.63, 3.8) is 0 Å². The van der Waals surface area contributed by atoms with Crippen molar-refractivity contribution in [3.05, 3.63) is 40.5 Å². The first kappa shape index (κ1) is 13.5. The fraction of sp³-hybridized carbons (Fsp3) is 0.267. The van der Waals surface area contributed by atoms with Crippen LogP contribution in [0.5, 0.6) is 0 Å². The highest BCUT2D eigenvalue weighted by atomic mass is 19.1. The molecule has 0 radical (unpaired) electrons. The number of pyridine rings is 2. The van der Waals surface area contributed by atoms with Gasteiger partial charge in [-0.25, -0.2) is 14.4 Å². The first-order valence-electron chi connectivity index (χ1n) is 6.68. The van der Waals surface area contributed by atoms with Gasteiger partial charge in [0.2, 0.25) is 0 Å². The standard InChI is InChI=1S/C15H16FN5/c1-7-8(2)10(4)18-13(9(7)3)19-15-12-5-11(16)6-17-14(12)20-21-15/h5-6H,1-4H3,(H2,17,18,19,20,21). The Balaban J connectivity index is 2.09. The molecule has 6 heteroatoms. The fourth-order valence-corrected chi connectivity index (χ4v) is 2.27. The molecule has 3 aromatic rings. The van der Waals surface area contributed by atoms with E-state index in [1.54, 1.807) is 0 Å². The van der Waals surface area contributed by atoms with Gasteiger partial charge >= 0.3 is 0 Å². The molecule has 3 rings (SSSR count). The minimum atomic E-state index is -0.395. The smallest absolute Gasteiger partial charge is 0.163 e. The summed E-state index contributed by atoms with van der Waals surface area (Å²) in [5, 5.41) is 10.7. The maximum atomic E-state index is 13.3. The third kappa shape index (κ3) is 2.22. The van der Waals surface area contributed by atoms with Gasteiger partial charge in [-0.05, 0) is 50.5 Å². The van der Waals surface area contributed by atoms with E-state index in [0.29, 0.717) is 16.9 Å². The van der Waals surface area contributed by atoms with Gasteiger partial charge in [0.15, 0.2) is 11.5 Å². The Morgan fingerprint density at radius 1 is 1.05 bits per heavy atom. The first-order valence-corrected chi connectivity index (χ1v) is 6.68. The van der Waals surface area contributed by atoms with Crippen molar-refractivity contribution in [2.45, 2.75) is 27.7 Å². The Morgan fingerprint density at radius 2 is 1.81 bits per heavy atom. The van der Waals surface area contributed by atoms with Crippen LogP contribution in [0.2, 0.25) is 0 Å². The number of rotatable bonds is 2. The van der Waals surface area contributed by atoms with Gasteiger partial charge in [0.05, 0.1) is 11.6 Å². The van der Waals surface area contributed by atoms with Crippen LogP contribution < -0.4 is 5.32 Å². The van der Waals surface area contributed by atoms with E-state index in [2.05, 4.69) is 39.3 Å². The van der Waals surface area contributed by atoms with Crippen molar-refractivity contribution in [2.24, 2.45) is 0 Å². The molecule has 0 saturated heterocycles. The third-order valence-electron chi connectivity index (χ3n) is 3.92. The van der Waals surface area contributed by atoms with E-state index in [0.717, 1.165) is 23.3 Å². The van der Waals surface area contributed by atoms with Gasteiger partial charge in [0.1, 0.15) is 11.6 Å². The van der Waals surface area contributed by atoms with Gasteiger partial charge in [-0.1, -0.05) is 0 Å². The first-order chi connectivity index (χ1) is 9.97. The van der Waals surface area contributed by atoms with Gasteiger partial charge in [-0.3, -0.25) is 5.10 Å². The quantitative estimate of drug-likeness (QED) is 0.756. The Hall–Kier alpha value is -2.50. The van der Waals surface area contributed by atoms with Crippen LogP contribution in [-0.4, -0.2) is 20.2 Å². The summed E-state index contributed by atoms with van der Waals surface area (Å²) in [5.74, 6) is 0.858. The van der Waals surface area contributed by atoms with Crippen LogP contribution >= 0.6 is 0 Å². The van der Waals surface area contributed by atoms with Crippen molar-refractivity contribution < 1.29 is 4.39 Å². The molecule has 5 nitrogen and oxygen atoms in total. The zero-order valence-electron chi connectivity index (χ0n) is 12.4. The Labute approximate surface area is 121 Å². The van der Waals surface area contributed by atoms with Crippen LogP contribution in [0.15, 0.2) is 12.3 Å². The molecular weight excluding hydrogens is 269 g/mol. The fourth-order valence-electron chi connectivity index (χ4n) is 2.27. The van der Waals surface area contributed by atoms with Crippen molar-refractivity contribution in [1.82, 2.24) is 20.2 Å². The second-order valence-corrected chi connectivity index (χ2v) is 5.17. The summed E-state index contributed by atoms with van der Waals surface area (Å²) in [6.45, 7) is 8.09. The number of halogens is 1. The normalized spacial score (nSPS) is 11.1. The zero-order valence-corrected chi connectivity index (χ0v) is 12.4. The number of anilines is 2. The minimum Gasteiger partial charge on any atom is -0.323 e. The summed E-state index contributed by atoms with van der Waals surface area (Å²) in [4.78, 5) is 8.52. The average Bonchev–Trinajstić information content (AvgIpc) is 2.85. The maximum absolute atomic E-state index is 13.3. The summed E-state index contributed by atoms with van der Waals surface area (Å²) in [5.41, 5.74) is 4.92. The molecular formula is C15H16FN5. The molecule has 0 aliphatic heterocycles. The van der Waals surface area contributed by atoms with E-state index in [4.69, 9.17) is 0 Å². The molecule has 2 N–H and O–H groups in total. The van der Waals surface area contributed by atoms with E-state index >= 15 is 0 Å². The number of aryl methyl sites for hydroxylation is 1. The molecule has 0 saturated carbocycles. The number of fused-ring (bicyclic) bond motifs is 1. The summed E-state index contributed by atoms with van der Waals surface area (Å²) < 4.78 is 13.3. The Morgan fingerprint density at radius 3 is 2.57 bits per heavy atom. The van der Waals surface area contributed by atoms with E-state index < -0.39 is 5.82 Å². The molecule has 108 valence electrons. The van der Waals surface area contributed by atoms with E-state index in [1.807, 2.05) is 13.8 Å². The molecule has 0 bridgehead atoms. The highest BCUT2D eigenvalue weighted by Gasteiger charge is 2.13. The summed E-state index contributed by atoms with van der Waals surface area (Å²) in [6.07, 6.45) is 1.16. The van der Waals surface area contributed by atoms with Crippen molar-refractivity contribution in [2.75, 3.05) is 5.32 Å². The largest absolute Gasteiger partial charge is 0.323 e. The van der Waals surface area contributed by atoms with Gasteiger partial charge in [-0.2, -0.15) is 5.10 Å². The van der Waals surface area contributed by atoms with Crippen molar-refractivity contribution in [3.8, 4) is 0 Å². The molecule has 21 heavy (non-hydrogen) atoms. The number of hydrogen-bond donors (Lipinski definition) is 2. The minimum absolute atomic E-state index is 0.395. The predicted molar refractivity (Wildman–Crippen MR) is 80.3 cm³/mol. The molecule has 0 spiro atoms.